The van der Waals surface area contributed by atoms with E-state index in [1.54, 1.807) is 26.0 Å². The molecule has 0 aliphatic rings. The standard InChI is InChI=1S/C16H16FNO3S/c1-4-10-13(16(20)21)15(22-14(10)9(3)19)18-12-6-5-8(2)7-11(12)17/h5-7,18H,4H2,1-3H3,(H,20,21). The third kappa shape index (κ3) is 3.01. The summed E-state index contributed by atoms with van der Waals surface area (Å²) < 4.78 is 13.9. The van der Waals surface area contributed by atoms with Crippen molar-refractivity contribution in [3.05, 3.63) is 45.6 Å². The molecule has 1 aromatic carbocycles. The smallest absolute Gasteiger partial charge is 0.339 e. The number of ketones is 1. The Morgan fingerprint density at radius 2 is 2.05 bits per heavy atom. The Balaban J connectivity index is 2.54. The molecule has 116 valence electrons. The van der Waals surface area contributed by atoms with E-state index in [1.165, 1.54) is 13.0 Å². The summed E-state index contributed by atoms with van der Waals surface area (Å²) in [5, 5.41) is 12.5. The first kappa shape index (κ1) is 16.2. The first-order chi connectivity index (χ1) is 10.3. The average Bonchev–Trinajstić information content (AvgIpc) is 2.80. The summed E-state index contributed by atoms with van der Waals surface area (Å²) in [4.78, 5) is 23.6. The van der Waals surface area contributed by atoms with Gasteiger partial charge in [-0.05, 0) is 43.5 Å². The van der Waals surface area contributed by atoms with E-state index in [-0.39, 0.29) is 22.0 Å². The fourth-order valence-electron chi connectivity index (χ4n) is 2.24. The third-order valence-electron chi connectivity index (χ3n) is 3.27. The number of carbonyl (C=O) groups excluding carboxylic acids is 1. The molecule has 0 radical (unpaired) electrons. The molecule has 0 saturated heterocycles. The van der Waals surface area contributed by atoms with Crippen molar-refractivity contribution in [2.45, 2.75) is 27.2 Å². The van der Waals surface area contributed by atoms with Crippen molar-refractivity contribution in [1.29, 1.82) is 0 Å². The van der Waals surface area contributed by atoms with E-state index in [1.807, 2.05) is 0 Å². The van der Waals surface area contributed by atoms with Crippen LogP contribution in [0.1, 0.15) is 45.0 Å². The van der Waals surface area contributed by atoms with Crippen molar-refractivity contribution in [3.8, 4) is 0 Å². The molecule has 0 spiro atoms. The van der Waals surface area contributed by atoms with Crippen molar-refractivity contribution in [1.82, 2.24) is 0 Å². The van der Waals surface area contributed by atoms with Crippen molar-refractivity contribution < 1.29 is 19.1 Å². The Labute approximate surface area is 131 Å². The monoisotopic (exact) mass is 321 g/mol. The predicted molar refractivity (Wildman–Crippen MR) is 85.1 cm³/mol. The van der Waals surface area contributed by atoms with Gasteiger partial charge in [-0.2, -0.15) is 0 Å². The summed E-state index contributed by atoms with van der Waals surface area (Å²) in [5.74, 6) is -1.79. The molecule has 4 nitrogen and oxygen atoms in total. The lowest BCUT2D eigenvalue weighted by molar-refractivity contribution is 0.0697. The summed E-state index contributed by atoms with van der Waals surface area (Å²) in [6.07, 6.45) is 0.422. The first-order valence-corrected chi connectivity index (χ1v) is 7.59. The fourth-order valence-corrected chi connectivity index (χ4v) is 3.44. The Kier molecular flexibility index (Phi) is 4.61. The van der Waals surface area contributed by atoms with Crippen LogP contribution in [0.2, 0.25) is 0 Å². The molecule has 1 aromatic heterocycles. The van der Waals surface area contributed by atoms with E-state index >= 15 is 0 Å². The zero-order chi connectivity index (χ0) is 16.4. The molecule has 2 aromatic rings. The molecule has 0 amide bonds. The molecule has 0 atom stereocenters. The highest BCUT2D eigenvalue weighted by molar-refractivity contribution is 7.18. The van der Waals surface area contributed by atoms with Crippen LogP contribution in [0.4, 0.5) is 15.1 Å². The number of rotatable bonds is 5. The highest BCUT2D eigenvalue weighted by Gasteiger charge is 2.24. The number of hydrogen-bond acceptors (Lipinski definition) is 4. The number of aromatic carboxylic acids is 1. The molecule has 22 heavy (non-hydrogen) atoms. The number of carboxylic acid groups (broad SMARTS) is 1. The number of hydrogen-bond donors (Lipinski definition) is 2. The maximum Gasteiger partial charge on any atom is 0.339 e. The largest absolute Gasteiger partial charge is 0.478 e. The Hall–Kier alpha value is -2.21. The summed E-state index contributed by atoms with van der Waals surface area (Å²) in [7, 11) is 0. The van der Waals surface area contributed by atoms with E-state index in [2.05, 4.69) is 5.32 Å². The van der Waals surface area contributed by atoms with Gasteiger partial charge in [0.15, 0.2) is 5.78 Å². The second-order valence-corrected chi connectivity index (χ2v) is 5.96. The van der Waals surface area contributed by atoms with Crippen LogP contribution in [0, 0.1) is 12.7 Å². The van der Waals surface area contributed by atoms with Crippen LogP contribution < -0.4 is 5.32 Å². The molecule has 0 bridgehead atoms. The molecule has 0 unspecified atom stereocenters. The minimum Gasteiger partial charge on any atom is -0.478 e. The van der Waals surface area contributed by atoms with E-state index in [9.17, 15) is 19.1 Å². The van der Waals surface area contributed by atoms with Crippen LogP contribution in [-0.4, -0.2) is 16.9 Å². The number of benzene rings is 1. The number of carbonyl (C=O) groups is 2. The minimum absolute atomic E-state index is 0.0395. The van der Waals surface area contributed by atoms with Crippen LogP contribution >= 0.6 is 11.3 Å². The Morgan fingerprint density at radius 1 is 1.36 bits per heavy atom. The van der Waals surface area contributed by atoms with Crippen LogP contribution in [0.25, 0.3) is 0 Å². The number of carboxylic acids is 1. The second-order valence-electron chi connectivity index (χ2n) is 4.94. The number of halogens is 1. The lowest BCUT2D eigenvalue weighted by atomic mass is 10.1. The summed E-state index contributed by atoms with van der Waals surface area (Å²) >= 11 is 1.05. The second kappa shape index (κ2) is 6.27. The molecule has 1 heterocycles. The van der Waals surface area contributed by atoms with Gasteiger partial charge in [0.2, 0.25) is 0 Å². The Morgan fingerprint density at radius 3 is 2.55 bits per heavy atom. The molecule has 6 heteroatoms. The average molecular weight is 321 g/mol. The molecular formula is C16H16FNO3S. The van der Waals surface area contributed by atoms with Gasteiger partial charge >= 0.3 is 5.97 Å². The van der Waals surface area contributed by atoms with Gasteiger partial charge in [0.05, 0.1) is 16.1 Å². The molecule has 0 aliphatic carbocycles. The van der Waals surface area contributed by atoms with Crippen LogP contribution in [0.15, 0.2) is 18.2 Å². The van der Waals surface area contributed by atoms with E-state index < -0.39 is 11.8 Å². The number of Topliss-reactive ketones (excluding diaryl/α,β-unsaturated/α-hetero) is 1. The number of nitrogens with one attached hydrogen (secondary N) is 1. The van der Waals surface area contributed by atoms with Crippen LogP contribution in [0.3, 0.4) is 0 Å². The van der Waals surface area contributed by atoms with Crippen LogP contribution in [-0.2, 0) is 6.42 Å². The van der Waals surface area contributed by atoms with Crippen LogP contribution in [0.5, 0.6) is 0 Å². The maximum absolute atomic E-state index is 13.9. The predicted octanol–water partition coefficient (Wildman–Crippen LogP) is 4.40. The summed E-state index contributed by atoms with van der Waals surface area (Å²) in [5.41, 5.74) is 1.48. The van der Waals surface area contributed by atoms with Gasteiger partial charge in [0.25, 0.3) is 0 Å². The first-order valence-electron chi connectivity index (χ1n) is 6.78. The SMILES string of the molecule is CCc1c(C(C)=O)sc(Nc2ccc(C)cc2F)c1C(=O)O. The van der Waals surface area contributed by atoms with Gasteiger partial charge in [-0.15, -0.1) is 11.3 Å². The summed E-state index contributed by atoms with van der Waals surface area (Å²) in [6.45, 7) is 4.95. The van der Waals surface area contributed by atoms with E-state index in [0.717, 1.165) is 16.9 Å². The Bertz CT molecular complexity index is 752. The number of thiophene rings is 1. The van der Waals surface area contributed by atoms with Crippen molar-refractivity contribution in [3.63, 3.8) is 0 Å². The van der Waals surface area contributed by atoms with Gasteiger partial charge in [-0.3, -0.25) is 4.79 Å². The zero-order valence-electron chi connectivity index (χ0n) is 12.5. The van der Waals surface area contributed by atoms with Gasteiger partial charge in [0, 0.05) is 0 Å². The van der Waals surface area contributed by atoms with Gasteiger partial charge in [-0.25, -0.2) is 9.18 Å². The molecule has 0 saturated carbocycles. The summed E-state index contributed by atoms with van der Waals surface area (Å²) in [6, 6.07) is 4.64. The van der Waals surface area contributed by atoms with Crippen molar-refractivity contribution in [2.75, 3.05) is 5.32 Å². The lowest BCUT2D eigenvalue weighted by Crippen LogP contribution is -2.05. The number of anilines is 2. The highest BCUT2D eigenvalue weighted by Crippen LogP contribution is 2.36. The van der Waals surface area contributed by atoms with Gasteiger partial charge in [-0.1, -0.05) is 13.0 Å². The van der Waals surface area contributed by atoms with Gasteiger partial charge < -0.3 is 10.4 Å². The molecule has 0 fully saturated rings. The topological polar surface area (TPSA) is 66.4 Å². The van der Waals surface area contributed by atoms with Crippen molar-refractivity contribution >= 4 is 33.8 Å². The fraction of sp³-hybridized carbons (Fsp3) is 0.250. The van der Waals surface area contributed by atoms with Gasteiger partial charge in [0.1, 0.15) is 10.8 Å². The zero-order valence-corrected chi connectivity index (χ0v) is 13.3. The lowest BCUT2D eigenvalue weighted by Gasteiger charge is -2.08. The highest BCUT2D eigenvalue weighted by atomic mass is 32.1. The van der Waals surface area contributed by atoms with E-state index in [0.29, 0.717) is 16.9 Å². The molecule has 2 rings (SSSR count). The van der Waals surface area contributed by atoms with Crippen molar-refractivity contribution in [2.24, 2.45) is 0 Å². The normalized spacial score (nSPS) is 10.5. The third-order valence-corrected chi connectivity index (χ3v) is 4.52. The minimum atomic E-state index is -1.13. The van der Waals surface area contributed by atoms with E-state index in [4.69, 9.17) is 0 Å². The maximum atomic E-state index is 13.9. The molecule has 0 aliphatic heterocycles. The molecular weight excluding hydrogens is 305 g/mol. The molecule has 2 N–H and O–H groups in total. The number of aryl methyl sites for hydroxylation is 1. The quantitative estimate of drug-likeness (QED) is 0.801.